The highest BCUT2D eigenvalue weighted by Crippen LogP contribution is 2.41. The highest BCUT2D eigenvalue weighted by atomic mass is 16.6. The van der Waals surface area contributed by atoms with Gasteiger partial charge in [-0.1, -0.05) is 33.6 Å². The predicted molar refractivity (Wildman–Crippen MR) is 161 cm³/mol. The van der Waals surface area contributed by atoms with Crippen LogP contribution in [-0.2, 0) is 29.4 Å². The van der Waals surface area contributed by atoms with E-state index in [9.17, 15) is 19.5 Å². The minimum atomic E-state index is -1.43. The monoisotopic (exact) mass is 604 g/mol. The molecule has 0 bridgehead atoms. The number of hydrogen-bond donors (Lipinski definition) is 5. The van der Waals surface area contributed by atoms with E-state index in [0.29, 0.717) is 36.8 Å². The van der Waals surface area contributed by atoms with E-state index < -0.39 is 41.3 Å². The zero-order valence-electron chi connectivity index (χ0n) is 26.1. The Labute approximate surface area is 253 Å². The molecule has 2 heterocycles. The number of aliphatic hydroxyl groups is 1. The zero-order chi connectivity index (χ0) is 31.9. The Balaban J connectivity index is 1.85. The first-order chi connectivity index (χ1) is 20.2. The molecular formula is C30H48N6O7. The Morgan fingerprint density at radius 2 is 1.93 bits per heavy atom. The van der Waals surface area contributed by atoms with Crippen molar-refractivity contribution in [2.45, 2.75) is 104 Å². The van der Waals surface area contributed by atoms with Crippen LogP contribution >= 0.6 is 0 Å². The number of nitrogens with two attached hydrogens (primary N) is 1. The normalized spacial score (nSPS) is 25.3. The third-order valence-electron chi connectivity index (χ3n) is 8.36. The van der Waals surface area contributed by atoms with Crippen LogP contribution < -0.4 is 11.1 Å². The van der Waals surface area contributed by atoms with Gasteiger partial charge in [-0.15, -0.1) is 0 Å². The van der Waals surface area contributed by atoms with E-state index in [2.05, 4.69) is 15.3 Å². The molecule has 0 aromatic carbocycles. The topological polar surface area (TPSA) is 192 Å². The van der Waals surface area contributed by atoms with Crippen LogP contribution in [0.4, 0.5) is 4.79 Å². The number of rotatable bonds is 11. The Morgan fingerprint density at radius 3 is 2.51 bits per heavy atom. The highest BCUT2D eigenvalue weighted by molar-refractivity contribution is 6.08. The fraction of sp³-hybridized carbons (Fsp3) is 0.700. The van der Waals surface area contributed by atoms with E-state index in [1.54, 1.807) is 44.7 Å². The van der Waals surface area contributed by atoms with Gasteiger partial charge in [-0.05, 0) is 57.1 Å². The number of nitrogens with one attached hydrogen (secondary N) is 3. The second-order valence-corrected chi connectivity index (χ2v) is 12.5. The first kappa shape index (κ1) is 34.2. The average molecular weight is 605 g/mol. The number of hydrogen-bond acceptors (Lipinski definition) is 9. The lowest BCUT2D eigenvalue weighted by Crippen LogP contribution is -2.48. The Kier molecular flexibility index (Phi) is 11.5. The van der Waals surface area contributed by atoms with Gasteiger partial charge in [0.25, 0.3) is 0 Å². The molecule has 1 saturated carbocycles. The summed E-state index contributed by atoms with van der Waals surface area (Å²) in [5, 5.41) is 21.7. The molecule has 6 N–H and O–H groups in total. The first-order valence-electron chi connectivity index (χ1n) is 15.0. The van der Waals surface area contributed by atoms with Crippen molar-refractivity contribution in [2.24, 2.45) is 22.1 Å². The molecule has 0 radical (unpaired) electrons. The lowest BCUT2D eigenvalue weighted by atomic mass is 9.87. The lowest BCUT2D eigenvalue weighted by Gasteiger charge is -2.29. The number of amidine groups is 1. The van der Waals surface area contributed by atoms with Gasteiger partial charge in [-0.2, -0.15) is 0 Å². The molecule has 3 rings (SSSR count). The molecule has 2 amide bonds. The molecule has 2 aliphatic rings. The van der Waals surface area contributed by atoms with Crippen LogP contribution in [-0.4, -0.2) is 89.2 Å². The summed E-state index contributed by atoms with van der Waals surface area (Å²) in [6.07, 6.45) is 1.76. The number of nitrogens with zero attached hydrogens (tertiary/aromatic N) is 2. The van der Waals surface area contributed by atoms with E-state index in [0.717, 1.165) is 32.0 Å². The van der Waals surface area contributed by atoms with E-state index in [-0.39, 0.29) is 24.4 Å². The fourth-order valence-corrected chi connectivity index (χ4v) is 5.45. The maximum Gasteiger partial charge on any atom is 0.323 e. The van der Waals surface area contributed by atoms with Crippen LogP contribution in [0.25, 0.3) is 0 Å². The number of urea groups is 1. The summed E-state index contributed by atoms with van der Waals surface area (Å²) >= 11 is 0. The molecule has 1 aromatic rings. The van der Waals surface area contributed by atoms with Crippen LogP contribution in [0.1, 0.15) is 85.0 Å². The number of carbonyl (C=O) groups excluding carboxylic acids is 3. The Morgan fingerprint density at radius 1 is 1.28 bits per heavy atom. The van der Waals surface area contributed by atoms with Gasteiger partial charge in [0, 0.05) is 19.5 Å². The number of aliphatic imine (C=N–C) groups is 1. The van der Waals surface area contributed by atoms with Crippen molar-refractivity contribution in [1.29, 1.82) is 5.41 Å². The van der Waals surface area contributed by atoms with Gasteiger partial charge in [-0.3, -0.25) is 20.3 Å². The van der Waals surface area contributed by atoms with E-state index >= 15 is 0 Å². The third kappa shape index (κ3) is 8.21. The van der Waals surface area contributed by atoms with Gasteiger partial charge in [0.2, 0.25) is 0 Å². The van der Waals surface area contributed by atoms with E-state index in [1.165, 1.54) is 0 Å². The number of carbonyl (C=O) groups is 3. The minimum absolute atomic E-state index is 0.103. The van der Waals surface area contributed by atoms with Gasteiger partial charge in [0.15, 0.2) is 11.9 Å². The van der Waals surface area contributed by atoms with Crippen molar-refractivity contribution in [3.8, 4) is 0 Å². The molecule has 2 fully saturated rings. The summed E-state index contributed by atoms with van der Waals surface area (Å²) in [6, 6.07) is 1.93. The highest BCUT2D eigenvalue weighted by Gasteiger charge is 2.56. The molecule has 1 aliphatic carbocycles. The molecule has 13 heteroatoms. The maximum atomic E-state index is 13.0. The number of esters is 2. The van der Waals surface area contributed by atoms with Crippen LogP contribution in [0.15, 0.2) is 17.1 Å². The summed E-state index contributed by atoms with van der Waals surface area (Å²) < 4.78 is 17.6. The van der Waals surface area contributed by atoms with Crippen molar-refractivity contribution >= 4 is 30.1 Å². The summed E-state index contributed by atoms with van der Waals surface area (Å²) in [6.45, 7) is 11.5. The molecular weight excluding hydrogens is 556 g/mol. The second-order valence-electron chi connectivity index (χ2n) is 12.5. The number of amides is 2. The first-order valence-corrected chi connectivity index (χ1v) is 15.0. The third-order valence-corrected chi connectivity index (χ3v) is 8.36. The molecule has 1 aromatic heterocycles. The number of aromatic nitrogens is 1. The summed E-state index contributed by atoms with van der Waals surface area (Å²) in [5.74, 6) is -0.680. The quantitative estimate of drug-likeness (QED) is 0.145. The van der Waals surface area contributed by atoms with Crippen LogP contribution in [0.2, 0.25) is 0 Å². The largest absolute Gasteiger partial charge is 0.463 e. The number of aliphatic hydroxyl groups excluding tert-OH is 1. The van der Waals surface area contributed by atoms with Crippen molar-refractivity contribution in [1.82, 2.24) is 15.2 Å². The second kappa shape index (κ2) is 14.5. The summed E-state index contributed by atoms with van der Waals surface area (Å²) in [7, 11) is 0. The summed E-state index contributed by atoms with van der Waals surface area (Å²) in [5.41, 5.74) is 4.88. The van der Waals surface area contributed by atoms with Gasteiger partial charge >= 0.3 is 18.0 Å². The van der Waals surface area contributed by atoms with Gasteiger partial charge < -0.3 is 34.9 Å². The Bertz CT molecular complexity index is 1170. The molecule has 43 heavy (non-hydrogen) atoms. The smallest absolute Gasteiger partial charge is 0.323 e. The average Bonchev–Trinajstić information content (AvgIpc) is 3.70. The number of H-pyrrole nitrogens is 1. The molecule has 240 valence electrons. The molecule has 13 nitrogen and oxygen atoms in total. The molecule has 5 atom stereocenters. The number of aromatic amines is 1. The van der Waals surface area contributed by atoms with Crippen molar-refractivity contribution in [3.63, 3.8) is 0 Å². The van der Waals surface area contributed by atoms with Crippen LogP contribution in [0.5, 0.6) is 0 Å². The standard InChI is InChI=1S/C30H48N6O7/c1-7-36(8-2)28(40)35-26(33-17-31)19-13-14-21(34-19)30(6)25(38)23(42-27(39)24(32)29(3,4)5)20(43-30)16-41-22(37)15-18-11-9-10-12-18/h13-14,17-18,20,23-25,34,38H,7-12,15-16,32H2,1-6H3,(H2,31,33,35,40)/t20-,23-,24-,25-,30+/m1/s1. The maximum absolute atomic E-state index is 13.0. The van der Waals surface area contributed by atoms with Crippen LogP contribution in [0.3, 0.4) is 0 Å². The minimum Gasteiger partial charge on any atom is -0.463 e. The van der Waals surface area contributed by atoms with Gasteiger partial charge in [0.1, 0.15) is 36.8 Å². The van der Waals surface area contributed by atoms with Gasteiger partial charge in [0.05, 0.1) is 11.4 Å². The zero-order valence-corrected chi connectivity index (χ0v) is 26.1. The lowest BCUT2D eigenvalue weighted by molar-refractivity contribution is -0.163. The Hall–Kier alpha value is -3.29. The summed E-state index contributed by atoms with van der Waals surface area (Å²) in [4.78, 5) is 47.0. The fourth-order valence-electron chi connectivity index (χ4n) is 5.45. The number of ether oxygens (including phenoxy) is 3. The van der Waals surface area contributed by atoms with E-state index in [4.69, 9.17) is 25.4 Å². The molecule has 0 unspecified atom stereocenters. The predicted octanol–water partition coefficient (Wildman–Crippen LogP) is 2.80. The van der Waals surface area contributed by atoms with Crippen molar-refractivity contribution in [2.75, 3.05) is 19.7 Å². The van der Waals surface area contributed by atoms with Crippen molar-refractivity contribution in [3.05, 3.63) is 23.5 Å². The van der Waals surface area contributed by atoms with Crippen molar-refractivity contribution < 1.29 is 33.7 Å². The van der Waals surface area contributed by atoms with E-state index in [1.807, 2.05) is 13.8 Å². The van der Waals surface area contributed by atoms with Gasteiger partial charge in [-0.25, -0.2) is 9.79 Å². The molecule has 1 saturated heterocycles. The molecule has 0 spiro atoms. The van der Waals surface area contributed by atoms with Crippen LogP contribution in [0, 0.1) is 16.7 Å². The SMILES string of the molecule is CCN(CC)C(=O)N/C(=N/C=N)c1ccc([C@]2(C)O[C@H](COC(=O)CC3CCCC3)[C@@H](OC(=O)[C@@H](N)C(C)(C)C)[C@H]2O)[nH]1. The molecule has 1 aliphatic heterocycles.